The lowest BCUT2D eigenvalue weighted by Crippen LogP contribution is -1.88. The van der Waals surface area contributed by atoms with Crippen molar-refractivity contribution >= 4 is 5.82 Å². The van der Waals surface area contributed by atoms with Crippen LogP contribution in [0.15, 0.2) is 28.8 Å². The maximum Gasteiger partial charge on any atom is 0.169 e. The van der Waals surface area contributed by atoms with Crippen LogP contribution in [-0.2, 0) is 6.42 Å². The van der Waals surface area contributed by atoms with Crippen LogP contribution >= 0.6 is 0 Å². The highest BCUT2D eigenvalue weighted by atomic mass is 16.5. The van der Waals surface area contributed by atoms with E-state index < -0.39 is 0 Å². The first kappa shape index (κ1) is 10.5. The molecule has 2 N–H and O–H groups in total. The van der Waals surface area contributed by atoms with Crippen LogP contribution in [0.25, 0.3) is 11.3 Å². The molecule has 0 bridgehead atoms. The molecule has 2 aromatic rings. The van der Waals surface area contributed by atoms with Crippen LogP contribution in [0.2, 0.25) is 0 Å². The maximum absolute atomic E-state index is 5.52. The first-order valence-corrected chi connectivity index (χ1v) is 5.13. The zero-order chi connectivity index (χ0) is 11.5. The van der Waals surface area contributed by atoms with Gasteiger partial charge in [-0.25, -0.2) is 0 Å². The van der Waals surface area contributed by atoms with Gasteiger partial charge in [0.15, 0.2) is 11.6 Å². The third kappa shape index (κ3) is 2.00. The van der Waals surface area contributed by atoms with Gasteiger partial charge in [0, 0.05) is 11.6 Å². The van der Waals surface area contributed by atoms with Crippen molar-refractivity contribution < 1.29 is 9.26 Å². The van der Waals surface area contributed by atoms with Gasteiger partial charge in [0.05, 0.1) is 7.11 Å². The molecule has 0 spiro atoms. The van der Waals surface area contributed by atoms with E-state index in [1.54, 1.807) is 13.2 Å². The fourth-order valence-corrected chi connectivity index (χ4v) is 1.55. The van der Waals surface area contributed by atoms with Gasteiger partial charge in [-0.3, -0.25) is 0 Å². The summed E-state index contributed by atoms with van der Waals surface area (Å²) in [5, 5.41) is 3.67. The van der Waals surface area contributed by atoms with Crippen LogP contribution in [0.5, 0.6) is 5.75 Å². The van der Waals surface area contributed by atoms with Crippen molar-refractivity contribution in [2.45, 2.75) is 13.3 Å². The van der Waals surface area contributed by atoms with Crippen molar-refractivity contribution in [3.05, 3.63) is 29.8 Å². The van der Waals surface area contributed by atoms with Crippen molar-refractivity contribution in [1.82, 2.24) is 5.16 Å². The van der Waals surface area contributed by atoms with Crippen molar-refractivity contribution in [2.75, 3.05) is 12.8 Å². The van der Waals surface area contributed by atoms with Gasteiger partial charge in [-0.15, -0.1) is 0 Å². The molecular weight excluding hydrogens is 204 g/mol. The number of ether oxygens (including phenoxy) is 1. The first-order chi connectivity index (χ1) is 7.72. The quantitative estimate of drug-likeness (QED) is 0.859. The highest BCUT2D eigenvalue weighted by Gasteiger charge is 2.07. The van der Waals surface area contributed by atoms with Crippen molar-refractivity contribution in [3.63, 3.8) is 0 Å². The van der Waals surface area contributed by atoms with Gasteiger partial charge in [0.2, 0.25) is 0 Å². The Morgan fingerprint density at radius 2 is 2.12 bits per heavy atom. The van der Waals surface area contributed by atoms with Crippen LogP contribution in [0.3, 0.4) is 0 Å². The van der Waals surface area contributed by atoms with Crippen LogP contribution in [-0.4, -0.2) is 12.3 Å². The molecule has 0 radical (unpaired) electrons. The summed E-state index contributed by atoms with van der Waals surface area (Å²) < 4.78 is 10.4. The highest BCUT2D eigenvalue weighted by molar-refractivity contribution is 5.63. The van der Waals surface area contributed by atoms with E-state index in [-0.39, 0.29) is 0 Å². The van der Waals surface area contributed by atoms with Gasteiger partial charge in [0.1, 0.15) is 5.75 Å². The third-order valence-corrected chi connectivity index (χ3v) is 2.42. The molecule has 1 aromatic heterocycles. The average Bonchev–Trinajstić information content (AvgIpc) is 2.75. The minimum Gasteiger partial charge on any atom is -0.497 e. The number of rotatable bonds is 3. The number of hydrogen-bond acceptors (Lipinski definition) is 4. The fourth-order valence-electron chi connectivity index (χ4n) is 1.55. The fraction of sp³-hybridized carbons (Fsp3) is 0.250. The molecule has 0 atom stereocenters. The molecule has 0 aliphatic rings. The van der Waals surface area contributed by atoms with Crippen molar-refractivity contribution in [3.8, 4) is 17.1 Å². The van der Waals surface area contributed by atoms with Crippen LogP contribution in [0, 0.1) is 0 Å². The Labute approximate surface area is 94.0 Å². The number of nitrogen functional groups attached to an aromatic ring is 1. The van der Waals surface area contributed by atoms with E-state index in [0.29, 0.717) is 11.6 Å². The number of aryl methyl sites for hydroxylation is 1. The Hall–Kier alpha value is -1.97. The summed E-state index contributed by atoms with van der Waals surface area (Å²) in [5.74, 6) is 1.85. The van der Waals surface area contributed by atoms with E-state index in [0.717, 1.165) is 17.7 Å². The number of aromatic nitrogens is 1. The van der Waals surface area contributed by atoms with Crippen LogP contribution < -0.4 is 10.5 Å². The Balaban J connectivity index is 2.47. The monoisotopic (exact) mass is 218 g/mol. The lowest BCUT2D eigenvalue weighted by atomic mass is 10.1. The number of hydrogen-bond donors (Lipinski definition) is 1. The van der Waals surface area contributed by atoms with Gasteiger partial charge in [-0.05, 0) is 30.2 Å². The number of methoxy groups -OCH3 is 1. The zero-order valence-electron chi connectivity index (χ0n) is 9.36. The minimum atomic E-state index is 0.385. The molecule has 2 rings (SSSR count). The summed E-state index contributed by atoms with van der Waals surface area (Å²) >= 11 is 0. The average molecular weight is 218 g/mol. The maximum atomic E-state index is 5.52. The molecule has 0 saturated heterocycles. The summed E-state index contributed by atoms with van der Waals surface area (Å²) in [6.07, 6.45) is 0.938. The van der Waals surface area contributed by atoms with Gasteiger partial charge >= 0.3 is 0 Å². The smallest absolute Gasteiger partial charge is 0.169 e. The van der Waals surface area contributed by atoms with Gasteiger partial charge in [0.25, 0.3) is 0 Å². The van der Waals surface area contributed by atoms with E-state index in [9.17, 15) is 0 Å². The number of anilines is 1. The molecular formula is C12H14N2O2. The van der Waals surface area contributed by atoms with E-state index in [4.69, 9.17) is 15.0 Å². The second kappa shape index (κ2) is 4.26. The third-order valence-electron chi connectivity index (χ3n) is 2.42. The van der Waals surface area contributed by atoms with Crippen LogP contribution in [0.1, 0.15) is 12.5 Å². The highest BCUT2D eigenvalue weighted by Crippen LogP contribution is 2.27. The Bertz CT molecular complexity index is 469. The molecule has 0 saturated carbocycles. The normalized spacial score (nSPS) is 10.4. The second-order valence-corrected chi connectivity index (χ2v) is 3.54. The molecule has 4 heteroatoms. The van der Waals surface area contributed by atoms with Gasteiger partial charge in [-0.2, -0.15) is 0 Å². The molecule has 84 valence electrons. The standard InChI is InChI=1S/C12H14N2O2/c1-3-8-4-9(6-10(5-8)15-2)11-7-12(13)14-16-11/h4-7H,3H2,1-2H3,(H2,13,14). The summed E-state index contributed by atoms with van der Waals surface area (Å²) in [7, 11) is 1.65. The van der Waals surface area contributed by atoms with Crippen molar-refractivity contribution in [1.29, 1.82) is 0 Å². The molecule has 0 amide bonds. The Kier molecular flexibility index (Phi) is 2.81. The predicted molar refractivity (Wildman–Crippen MR) is 62.3 cm³/mol. The molecule has 0 unspecified atom stereocenters. The van der Waals surface area contributed by atoms with Crippen molar-refractivity contribution in [2.24, 2.45) is 0 Å². The number of nitrogens with zero attached hydrogens (tertiary/aromatic N) is 1. The Morgan fingerprint density at radius 3 is 2.69 bits per heavy atom. The molecule has 0 aliphatic carbocycles. The topological polar surface area (TPSA) is 61.3 Å². The Morgan fingerprint density at radius 1 is 1.31 bits per heavy atom. The second-order valence-electron chi connectivity index (χ2n) is 3.54. The van der Waals surface area contributed by atoms with E-state index in [1.807, 2.05) is 18.2 Å². The van der Waals surface area contributed by atoms with Gasteiger partial charge < -0.3 is 15.0 Å². The zero-order valence-corrected chi connectivity index (χ0v) is 9.36. The van der Waals surface area contributed by atoms with E-state index in [1.165, 1.54) is 5.56 Å². The van der Waals surface area contributed by atoms with Gasteiger partial charge in [-0.1, -0.05) is 12.1 Å². The summed E-state index contributed by atoms with van der Waals surface area (Å²) in [5.41, 5.74) is 7.64. The molecule has 1 aromatic carbocycles. The molecule has 0 aliphatic heterocycles. The number of nitrogens with two attached hydrogens (primary N) is 1. The van der Waals surface area contributed by atoms with Crippen LogP contribution in [0.4, 0.5) is 5.82 Å². The lowest BCUT2D eigenvalue weighted by Gasteiger charge is -2.05. The molecule has 0 fully saturated rings. The van der Waals surface area contributed by atoms with E-state index >= 15 is 0 Å². The summed E-state index contributed by atoms with van der Waals surface area (Å²) in [6, 6.07) is 7.65. The summed E-state index contributed by atoms with van der Waals surface area (Å²) in [6.45, 7) is 2.09. The first-order valence-electron chi connectivity index (χ1n) is 5.13. The molecule has 1 heterocycles. The number of benzene rings is 1. The molecule has 16 heavy (non-hydrogen) atoms. The molecule has 4 nitrogen and oxygen atoms in total. The predicted octanol–water partition coefficient (Wildman–Crippen LogP) is 2.49. The van der Waals surface area contributed by atoms with E-state index in [2.05, 4.69) is 12.1 Å². The largest absolute Gasteiger partial charge is 0.497 e. The summed E-state index contributed by atoms with van der Waals surface area (Å²) in [4.78, 5) is 0. The minimum absolute atomic E-state index is 0.385. The lowest BCUT2D eigenvalue weighted by molar-refractivity contribution is 0.413. The SMILES string of the molecule is CCc1cc(OC)cc(-c2cc(N)no2)c1.